The zero-order valence-corrected chi connectivity index (χ0v) is 13.5. The molecule has 1 heterocycles. The highest BCUT2D eigenvalue weighted by atomic mass is 35.5. The summed E-state index contributed by atoms with van der Waals surface area (Å²) < 4.78 is 19.8. The van der Waals surface area contributed by atoms with Crippen molar-refractivity contribution in [3.8, 4) is 11.5 Å². The second kappa shape index (κ2) is 6.60. The molecule has 0 atom stereocenters. The zero-order chi connectivity index (χ0) is 15.4. The SMILES string of the molecule is ClC1=NSN=C(Cl)C1(Oc1ccccc1)Oc1ccccc1. The molecule has 0 radical (unpaired) electrons. The highest BCUT2D eigenvalue weighted by molar-refractivity contribution is 7.97. The summed E-state index contributed by atoms with van der Waals surface area (Å²) in [4.78, 5) is 0. The molecule has 4 nitrogen and oxygen atoms in total. The Kier molecular flexibility index (Phi) is 4.57. The summed E-state index contributed by atoms with van der Waals surface area (Å²) in [7, 11) is 0. The van der Waals surface area contributed by atoms with Crippen LogP contribution in [0.3, 0.4) is 0 Å². The third-order valence-corrected chi connectivity index (χ3v) is 4.19. The lowest BCUT2D eigenvalue weighted by Crippen LogP contribution is -2.54. The van der Waals surface area contributed by atoms with Crippen molar-refractivity contribution in [2.45, 2.75) is 5.79 Å². The van der Waals surface area contributed by atoms with Gasteiger partial charge in [-0.1, -0.05) is 59.6 Å². The molecular weight excluding hydrogens is 343 g/mol. The molecule has 0 saturated heterocycles. The number of benzene rings is 2. The molecule has 0 aliphatic carbocycles. The lowest BCUT2D eigenvalue weighted by atomic mass is 10.2. The average molecular weight is 353 g/mol. The maximum Gasteiger partial charge on any atom is 0.364 e. The minimum Gasteiger partial charge on any atom is -0.441 e. The maximum absolute atomic E-state index is 6.25. The van der Waals surface area contributed by atoms with Crippen molar-refractivity contribution in [2.75, 3.05) is 0 Å². The van der Waals surface area contributed by atoms with Gasteiger partial charge >= 0.3 is 5.79 Å². The number of hydrogen-bond donors (Lipinski definition) is 0. The van der Waals surface area contributed by atoms with Crippen molar-refractivity contribution in [3.05, 3.63) is 60.7 Å². The predicted octanol–water partition coefficient (Wildman–Crippen LogP) is 4.69. The molecule has 0 bridgehead atoms. The highest BCUT2D eigenvalue weighted by Gasteiger charge is 2.48. The van der Waals surface area contributed by atoms with Crippen LogP contribution < -0.4 is 9.47 Å². The monoisotopic (exact) mass is 352 g/mol. The van der Waals surface area contributed by atoms with Gasteiger partial charge in [0.05, 0.1) is 0 Å². The van der Waals surface area contributed by atoms with E-state index in [4.69, 9.17) is 32.7 Å². The molecule has 2 aromatic rings. The Morgan fingerprint density at radius 1 is 0.727 bits per heavy atom. The molecule has 22 heavy (non-hydrogen) atoms. The molecule has 0 unspecified atom stereocenters. The summed E-state index contributed by atoms with van der Waals surface area (Å²) in [6.45, 7) is 0. The van der Waals surface area contributed by atoms with Crippen LogP contribution in [0.1, 0.15) is 0 Å². The minimum atomic E-state index is -1.59. The average Bonchev–Trinajstić information content (AvgIpc) is 2.54. The summed E-state index contributed by atoms with van der Waals surface area (Å²) in [5.41, 5.74) is 0. The first-order chi connectivity index (χ1) is 10.7. The number of para-hydroxylation sites is 2. The topological polar surface area (TPSA) is 43.2 Å². The van der Waals surface area contributed by atoms with Gasteiger partial charge in [-0.3, -0.25) is 0 Å². The predicted molar refractivity (Wildman–Crippen MR) is 91.0 cm³/mol. The molecule has 1 aliphatic rings. The number of ether oxygens (including phenoxy) is 2. The lowest BCUT2D eigenvalue weighted by Gasteiger charge is -2.32. The van der Waals surface area contributed by atoms with E-state index in [2.05, 4.69) is 8.80 Å². The maximum atomic E-state index is 6.25. The van der Waals surface area contributed by atoms with Crippen LogP contribution in [-0.2, 0) is 0 Å². The van der Waals surface area contributed by atoms with Gasteiger partial charge in [0.25, 0.3) is 0 Å². The van der Waals surface area contributed by atoms with Crippen LogP contribution in [0.2, 0.25) is 0 Å². The van der Waals surface area contributed by atoms with Crippen molar-refractivity contribution in [1.29, 1.82) is 0 Å². The zero-order valence-electron chi connectivity index (χ0n) is 11.1. The van der Waals surface area contributed by atoms with Crippen molar-refractivity contribution in [2.24, 2.45) is 8.80 Å². The normalized spacial score (nSPS) is 16.5. The van der Waals surface area contributed by atoms with Crippen LogP contribution >= 0.6 is 35.3 Å². The van der Waals surface area contributed by atoms with Gasteiger partial charge in [0.1, 0.15) is 23.6 Å². The molecule has 1 aliphatic heterocycles. The number of nitrogens with zero attached hydrogens (tertiary/aromatic N) is 2. The largest absolute Gasteiger partial charge is 0.441 e. The summed E-state index contributed by atoms with van der Waals surface area (Å²) in [5, 5.41) is 0.121. The van der Waals surface area contributed by atoms with E-state index in [0.29, 0.717) is 11.5 Å². The third kappa shape index (κ3) is 3.06. The first kappa shape index (κ1) is 15.2. The quantitative estimate of drug-likeness (QED) is 0.592. The second-order valence-corrected chi connectivity index (χ2v) is 5.54. The molecule has 0 N–H and O–H groups in total. The van der Waals surface area contributed by atoms with E-state index in [1.54, 1.807) is 24.3 Å². The Bertz CT molecular complexity index is 646. The van der Waals surface area contributed by atoms with E-state index in [1.165, 1.54) is 0 Å². The molecule has 7 heteroatoms. The summed E-state index contributed by atoms with van der Waals surface area (Å²) in [6.07, 6.45) is 0. The van der Waals surface area contributed by atoms with Gasteiger partial charge in [0.15, 0.2) is 0 Å². The van der Waals surface area contributed by atoms with Crippen LogP contribution in [0.4, 0.5) is 0 Å². The summed E-state index contributed by atoms with van der Waals surface area (Å²) in [6, 6.07) is 18.2. The summed E-state index contributed by atoms with van der Waals surface area (Å²) >= 11 is 13.4. The van der Waals surface area contributed by atoms with Crippen LogP contribution in [0, 0.1) is 0 Å². The Morgan fingerprint density at radius 3 is 1.55 bits per heavy atom. The molecular formula is C15H10Cl2N2O2S. The fourth-order valence-electron chi connectivity index (χ4n) is 1.80. The number of hydrogen-bond acceptors (Lipinski definition) is 5. The smallest absolute Gasteiger partial charge is 0.364 e. The molecule has 0 spiro atoms. The van der Waals surface area contributed by atoms with Gasteiger partial charge in [-0.15, -0.1) is 0 Å². The van der Waals surface area contributed by atoms with Crippen LogP contribution in [0.25, 0.3) is 0 Å². The number of rotatable bonds is 4. The molecule has 112 valence electrons. The first-order valence-electron chi connectivity index (χ1n) is 6.33. The number of halogens is 2. The van der Waals surface area contributed by atoms with Gasteiger partial charge in [0.2, 0.25) is 10.3 Å². The van der Waals surface area contributed by atoms with Gasteiger partial charge < -0.3 is 9.47 Å². The molecule has 0 fully saturated rings. The Morgan fingerprint density at radius 2 is 1.14 bits per heavy atom. The standard InChI is InChI=1S/C15H10Cl2N2O2S/c16-13-15(14(17)19-22-18-13,20-11-7-3-1-4-8-11)21-12-9-5-2-6-10-12/h1-10H. The van der Waals surface area contributed by atoms with E-state index in [1.807, 2.05) is 36.4 Å². The lowest BCUT2D eigenvalue weighted by molar-refractivity contribution is 0.0139. The fraction of sp³-hybridized carbons (Fsp3) is 0.0667. The van der Waals surface area contributed by atoms with Crippen molar-refractivity contribution >= 4 is 45.7 Å². The van der Waals surface area contributed by atoms with E-state index >= 15 is 0 Å². The third-order valence-electron chi connectivity index (χ3n) is 2.79. The Hall–Kier alpha value is -1.69. The molecule has 0 aromatic heterocycles. The van der Waals surface area contributed by atoms with Crippen molar-refractivity contribution < 1.29 is 9.47 Å². The molecule has 0 amide bonds. The highest BCUT2D eigenvalue weighted by Crippen LogP contribution is 2.33. The van der Waals surface area contributed by atoms with Gasteiger partial charge in [-0.2, -0.15) is 8.80 Å². The van der Waals surface area contributed by atoms with Crippen molar-refractivity contribution in [1.82, 2.24) is 0 Å². The summed E-state index contributed by atoms with van der Waals surface area (Å²) in [5.74, 6) is -0.518. The van der Waals surface area contributed by atoms with Crippen LogP contribution in [0.5, 0.6) is 11.5 Å². The molecule has 0 saturated carbocycles. The fourth-order valence-corrected chi connectivity index (χ4v) is 2.79. The Balaban J connectivity index is 2.00. The second-order valence-electron chi connectivity index (χ2n) is 4.29. The van der Waals surface area contributed by atoms with Crippen LogP contribution in [0.15, 0.2) is 69.5 Å². The van der Waals surface area contributed by atoms with Gasteiger partial charge in [-0.25, -0.2) is 0 Å². The van der Waals surface area contributed by atoms with E-state index in [9.17, 15) is 0 Å². The van der Waals surface area contributed by atoms with Gasteiger partial charge in [-0.05, 0) is 24.3 Å². The van der Waals surface area contributed by atoms with Crippen LogP contribution in [-0.4, -0.2) is 16.1 Å². The Labute approximate surface area is 142 Å². The van der Waals surface area contributed by atoms with E-state index in [0.717, 1.165) is 12.1 Å². The van der Waals surface area contributed by atoms with E-state index in [-0.39, 0.29) is 10.3 Å². The van der Waals surface area contributed by atoms with Gasteiger partial charge in [0, 0.05) is 0 Å². The van der Waals surface area contributed by atoms with E-state index < -0.39 is 5.79 Å². The van der Waals surface area contributed by atoms with Crippen molar-refractivity contribution in [3.63, 3.8) is 0 Å². The minimum absolute atomic E-state index is 0.0604. The first-order valence-corrected chi connectivity index (χ1v) is 7.81. The molecule has 2 aromatic carbocycles. The molecule has 3 rings (SSSR count).